The number of nitrogens with zero attached hydrogens (tertiary/aromatic N) is 4. The number of amides is 1. The van der Waals surface area contributed by atoms with E-state index in [1.165, 1.54) is 0 Å². The molecule has 1 saturated heterocycles. The molecule has 3 atom stereocenters. The summed E-state index contributed by atoms with van der Waals surface area (Å²) in [5.74, 6) is -2.21. The van der Waals surface area contributed by atoms with Gasteiger partial charge in [-0.3, -0.25) is 9.59 Å². The lowest BCUT2D eigenvalue weighted by Gasteiger charge is -2.27. The number of halogens is 1. The van der Waals surface area contributed by atoms with Crippen molar-refractivity contribution in [3.05, 3.63) is 53.1 Å². The van der Waals surface area contributed by atoms with Gasteiger partial charge in [0.25, 0.3) is 5.91 Å². The fourth-order valence-corrected chi connectivity index (χ4v) is 5.66. The molecule has 3 heterocycles. The van der Waals surface area contributed by atoms with Gasteiger partial charge in [-0.25, -0.2) is 13.9 Å². The Morgan fingerprint density at radius 2 is 1.97 bits per heavy atom. The third-order valence-corrected chi connectivity index (χ3v) is 8.39. The smallest absolute Gasteiger partial charge is 0.307 e. The zero-order valence-electron chi connectivity index (χ0n) is 20.7. The minimum Gasteiger partial charge on any atom is -0.481 e. The van der Waals surface area contributed by atoms with E-state index in [1.807, 2.05) is 11.0 Å². The molecule has 0 spiro atoms. The van der Waals surface area contributed by atoms with Gasteiger partial charge >= 0.3 is 5.97 Å². The molecule has 0 bridgehead atoms. The summed E-state index contributed by atoms with van der Waals surface area (Å²) in [5, 5.41) is 14.0. The van der Waals surface area contributed by atoms with E-state index < -0.39 is 17.7 Å². The largest absolute Gasteiger partial charge is 0.481 e. The summed E-state index contributed by atoms with van der Waals surface area (Å²) in [6, 6.07) is 8.87. The normalized spacial score (nSPS) is 25.0. The lowest BCUT2D eigenvalue weighted by molar-refractivity contribution is -0.138. The number of benzene rings is 1. The van der Waals surface area contributed by atoms with Crippen molar-refractivity contribution < 1.29 is 19.1 Å². The molecule has 2 saturated carbocycles. The molecule has 2 aromatic heterocycles. The average Bonchev–Trinajstić information content (AvgIpc) is 3.77. The Morgan fingerprint density at radius 3 is 2.69 bits per heavy atom. The molecular formula is C28H31FN4O3. The van der Waals surface area contributed by atoms with Crippen LogP contribution in [0.15, 0.2) is 30.3 Å². The van der Waals surface area contributed by atoms with Crippen LogP contribution < -0.4 is 0 Å². The van der Waals surface area contributed by atoms with Crippen molar-refractivity contribution in [3.8, 4) is 11.3 Å². The molecule has 1 N–H and O–H groups in total. The highest BCUT2D eigenvalue weighted by atomic mass is 19.1. The highest BCUT2D eigenvalue weighted by Crippen LogP contribution is 2.50. The van der Waals surface area contributed by atoms with E-state index in [2.05, 4.69) is 13.8 Å². The number of carbonyl (C=O) groups excluding carboxylic acids is 1. The van der Waals surface area contributed by atoms with Crippen molar-refractivity contribution in [3.63, 3.8) is 0 Å². The van der Waals surface area contributed by atoms with Crippen LogP contribution in [0.2, 0.25) is 0 Å². The van der Waals surface area contributed by atoms with E-state index in [1.54, 1.807) is 28.8 Å². The number of hydrogen-bond acceptors (Lipinski definition) is 4. The number of carbonyl (C=O) groups is 2. The molecule has 3 aromatic rings. The van der Waals surface area contributed by atoms with E-state index in [9.17, 15) is 14.7 Å². The van der Waals surface area contributed by atoms with Gasteiger partial charge in [0.15, 0.2) is 5.65 Å². The summed E-state index contributed by atoms with van der Waals surface area (Å²) in [4.78, 5) is 31.6. The van der Waals surface area contributed by atoms with Gasteiger partial charge in [0, 0.05) is 35.5 Å². The second-order valence-electron chi connectivity index (χ2n) is 11.1. The van der Waals surface area contributed by atoms with Crippen LogP contribution in [0.4, 0.5) is 4.39 Å². The van der Waals surface area contributed by atoms with Crippen molar-refractivity contribution in [2.24, 2.45) is 5.92 Å². The Kier molecular flexibility index (Phi) is 5.39. The first-order valence-corrected chi connectivity index (χ1v) is 13.0. The molecule has 6 rings (SSSR count). The number of rotatable bonds is 5. The molecule has 3 fully saturated rings. The summed E-state index contributed by atoms with van der Waals surface area (Å²) in [5.41, 5.74) is 2.97. The number of aliphatic carboxylic acids is 1. The summed E-state index contributed by atoms with van der Waals surface area (Å²) >= 11 is 0. The lowest BCUT2D eigenvalue weighted by Crippen LogP contribution is -2.39. The maximum absolute atomic E-state index is 15.6. The first kappa shape index (κ1) is 23.1. The van der Waals surface area contributed by atoms with E-state index in [-0.39, 0.29) is 23.3 Å². The van der Waals surface area contributed by atoms with Gasteiger partial charge in [-0.05, 0) is 56.7 Å². The molecule has 1 aromatic carbocycles. The van der Waals surface area contributed by atoms with E-state index in [0.29, 0.717) is 34.6 Å². The number of carboxylic acid groups (broad SMARTS) is 1. The Labute approximate surface area is 209 Å². The van der Waals surface area contributed by atoms with E-state index in [4.69, 9.17) is 10.1 Å². The highest BCUT2D eigenvalue weighted by Gasteiger charge is 2.46. The van der Waals surface area contributed by atoms with Crippen LogP contribution in [0.1, 0.15) is 86.5 Å². The summed E-state index contributed by atoms with van der Waals surface area (Å²) in [7, 11) is 0. The quantitative estimate of drug-likeness (QED) is 0.533. The van der Waals surface area contributed by atoms with Crippen molar-refractivity contribution in [2.75, 3.05) is 6.54 Å². The summed E-state index contributed by atoms with van der Waals surface area (Å²) in [6.07, 6.45) is 6.70. The molecule has 8 heteroatoms. The molecule has 7 nitrogen and oxygen atoms in total. The van der Waals surface area contributed by atoms with E-state index in [0.717, 1.165) is 50.8 Å². The van der Waals surface area contributed by atoms with Gasteiger partial charge in [0.1, 0.15) is 11.5 Å². The molecule has 36 heavy (non-hydrogen) atoms. The molecule has 2 aliphatic carbocycles. The molecule has 0 unspecified atom stereocenters. The van der Waals surface area contributed by atoms with Crippen LogP contribution in [0, 0.1) is 11.7 Å². The number of carboxylic acids is 1. The highest BCUT2D eigenvalue weighted by molar-refractivity contribution is 5.93. The SMILES string of the molecule is C[C@@H]1CCCCCN1C(=O)c1cc(C2(C)CC2)n2nc(-c3cccc([C@H]4C[C@@H]4C(=O)O)c3F)cc2n1. The minimum atomic E-state index is -0.889. The van der Waals surface area contributed by atoms with Crippen molar-refractivity contribution >= 4 is 17.5 Å². The van der Waals surface area contributed by atoms with Gasteiger partial charge in [-0.1, -0.05) is 31.9 Å². The topological polar surface area (TPSA) is 87.8 Å². The standard InChI is InChI=1S/C28H31FN4O3/c1-16-7-4-3-5-12-32(16)26(34)22-14-23(28(2)10-11-28)33-24(30-22)15-21(31-33)18-9-6-8-17(25(18)29)19-13-20(19)27(35)36/h6,8-9,14-16,19-20H,3-5,7,10-13H2,1-2H3,(H,35,36)/t16-,19-,20+/m1/s1. The predicted octanol–water partition coefficient (Wildman–Crippen LogP) is 5.18. The predicted molar refractivity (Wildman–Crippen MR) is 132 cm³/mol. The summed E-state index contributed by atoms with van der Waals surface area (Å²) in [6.45, 7) is 5.00. The number of aromatic nitrogens is 3. The van der Waals surface area contributed by atoms with Crippen LogP contribution in [0.25, 0.3) is 16.9 Å². The third-order valence-electron chi connectivity index (χ3n) is 8.39. The molecule has 3 aliphatic rings. The van der Waals surface area contributed by atoms with Gasteiger partial charge in [0.05, 0.1) is 17.3 Å². The average molecular weight is 491 g/mol. The minimum absolute atomic E-state index is 0.0539. The fraction of sp³-hybridized carbons (Fsp3) is 0.500. The van der Waals surface area contributed by atoms with Crippen molar-refractivity contribution in [1.29, 1.82) is 0 Å². The number of likely N-dealkylation sites (tertiary alicyclic amines) is 1. The van der Waals surface area contributed by atoms with Crippen LogP contribution in [-0.2, 0) is 10.2 Å². The number of hydrogen-bond donors (Lipinski definition) is 1. The lowest BCUT2D eigenvalue weighted by atomic mass is 10.0. The first-order valence-electron chi connectivity index (χ1n) is 13.0. The van der Waals surface area contributed by atoms with Gasteiger partial charge in [-0.15, -0.1) is 0 Å². The van der Waals surface area contributed by atoms with Crippen LogP contribution in [0.5, 0.6) is 0 Å². The molecular weight excluding hydrogens is 459 g/mol. The monoisotopic (exact) mass is 490 g/mol. The van der Waals surface area contributed by atoms with Crippen LogP contribution in [0.3, 0.4) is 0 Å². The molecule has 0 radical (unpaired) electrons. The van der Waals surface area contributed by atoms with Gasteiger partial charge in [0.2, 0.25) is 0 Å². The van der Waals surface area contributed by atoms with Crippen LogP contribution in [-0.4, -0.2) is 49.1 Å². The maximum atomic E-state index is 15.6. The van der Waals surface area contributed by atoms with Gasteiger partial charge < -0.3 is 10.0 Å². The van der Waals surface area contributed by atoms with Crippen molar-refractivity contribution in [1.82, 2.24) is 19.5 Å². The second-order valence-corrected chi connectivity index (χ2v) is 11.1. The second kappa shape index (κ2) is 8.39. The Balaban J connectivity index is 1.42. The van der Waals surface area contributed by atoms with Crippen molar-refractivity contribution in [2.45, 2.75) is 76.2 Å². The van der Waals surface area contributed by atoms with Crippen LogP contribution >= 0.6 is 0 Å². The Morgan fingerprint density at radius 1 is 1.17 bits per heavy atom. The molecule has 188 valence electrons. The Hall–Kier alpha value is -3.29. The van der Waals surface area contributed by atoms with Gasteiger partial charge in [-0.2, -0.15) is 5.10 Å². The zero-order valence-corrected chi connectivity index (χ0v) is 20.7. The zero-order chi connectivity index (χ0) is 25.2. The molecule has 1 amide bonds. The summed E-state index contributed by atoms with van der Waals surface area (Å²) < 4.78 is 17.3. The fourth-order valence-electron chi connectivity index (χ4n) is 5.66. The Bertz CT molecular complexity index is 1380. The third kappa shape index (κ3) is 3.87. The van der Waals surface area contributed by atoms with E-state index >= 15 is 4.39 Å². The number of fused-ring (bicyclic) bond motifs is 1. The maximum Gasteiger partial charge on any atom is 0.307 e. The molecule has 1 aliphatic heterocycles. The first-order chi connectivity index (χ1) is 17.3.